The smallest absolute Gasteiger partial charge is 0.409 e. The highest BCUT2D eigenvalue weighted by Gasteiger charge is 2.26. The van der Waals surface area contributed by atoms with Crippen LogP contribution in [-0.2, 0) is 4.74 Å². The van der Waals surface area contributed by atoms with Crippen LogP contribution in [0.5, 0.6) is 0 Å². The molecule has 0 bridgehead atoms. The van der Waals surface area contributed by atoms with Crippen molar-refractivity contribution in [1.29, 1.82) is 5.26 Å². The minimum absolute atomic E-state index is 0.207. The van der Waals surface area contributed by atoms with Gasteiger partial charge in [0, 0.05) is 37.9 Å². The summed E-state index contributed by atoms with van der Waals surface area (Å²) in [7, 11) is 0. The van der Waals surface area contributed by atoms with E-state index in [9.17, 15) is 9.59 Å². The second-order valence-corrected chi connectivity index (χ2v) is 6.48. The maximum absolute atomic E-state index is 12.9. The lowest BCUT2D eigenvalue weighted by Gasteiger charge is -2.33. The molecule has 0 spiro atoms. The van der Waals surface area contributed by atoms with Gasteiger partial charge in [-0.2, -0.15) is 5.26 Å². The molecule has 9 nitrogen and oxygen atoms in total. The fourth-order valence-electron chi connectivity index (χ4n) is 2.99. The van der Waals surface area contributed by atoms with Gasteiger partial charge in [0.25, 0.3) is 5.91 Å². The fourth-order valence-corrected chi connectivity index (χ4v) is 2.99. The van der Waals surface area contributed by atoms with Gasteiger partial charge in [-0.1, -0.05) is 0 Å². The number of rotatable bonds is 4. The highest BCUT2D eigenvalue weighted by molar-refractivity contribution is 5.93. The van der Waals surface area contributed by atoms with Crippen molar-refractivity contribution in [2.45, 2.75) is 13.8 Å². The number of carbonyl (C=O) groups excluding carboxylic acids is 2. The summed E-state index contributed by atoms with van der Waals surface area (Å²) >= 11 is 0. The molecular formula is C20H22N6O3. The summed E-state index contributed by atoms with van der Waals surface area (Å²) in [5.74, 6) is 0.759. The molecule has 1 aromatic carbocycles. The predicted molar refractivity (Wildman–Crippen MR) is 106 cm³/mol. The topological polar surface area (TPSA) is 111 Å². The van der Waals surface area contributed by atoms with Crippen LogP contribution in [0, 0.1) is 18.3 Å². The lowest BCUT2D eigenvalue weighted by Crippen LogP contribution is -2.50. The first-order valence-electron chi connectivity index (χ1n) is 9.34. The van der Waals surface area contributed by atoms with E-state index in [0.29, 0.717) is 55.7 Å². The molecule has 150 valence electrons. The van der Waals surface area contributed by atoms with Crippen LogP contribution in [0.2, 0.25) is 0 Å². The molecule has 1 aromatic heterocycles. The van der Waals surface area contributed by atoms with Gasteiger partial charge < -0.3 is 19.9 Å². The van der Waals surface area contributed by atoms with Crippen LogP contribution in [0.4, 0.5) is 16.3 Å². The number of carbonyl (C=O) groups is 2. The van der Waals surface area contributed by atoms with Gasteiger partial charge in [-0.25, -0.2) is 14.8 Å². The first kappa shape index (κ1) is 20.1. The highest BCUT2D eigenvalue weighted by atomic mass is 16.6. The van der Waals surface area contributed by atoms with Crippen molar-refractivity contribution < 1.29 is 14.3 Å². The first-order valence-corrected chi connectivity index (χ1v) is 9.34. The summed E-state index contributed by atoms with van der Waals surface area (Å²) in [6.07, 6.45) is -0.355. The van der Waals surface area contributed by atoms with Crippen molar-refractivity contribution in [2.75, 3.05) is 38.1 Å². The van der Waals surface area contributed by atoms with Gasteiger partial charge in [0.15, 0.2) is 0 Å². The second kappa shape index (κ2) is 9.01. The lowest BCUT2D eigenvalue weighted by molar-refractivity contribution is 0.0565. The van der Waals surface area contributed by atoms with Crippen molar-refractivity contribution in [2.24, 2.45) is 0 Å². The van der Waals surface area contributed by atoms with E-state index < -0.39 is 0 Å². The van der Waals surface area contributed by atoms with E-state index in [2.05, 4.69) is 21.4 Å². The van der Waals surface area contributed by atoms with Crippen LogP contribution in [-0.4, -0.2) is 64.6 Å². The van der Waals surface area contributed by atoms with E-state index in [1.54, 1.807) is 54.0 Å². The Bertz CT molecular complexity index is 930. The monoisotopic (exact) mass is 394 g/mol. The number of hydrogen-bond donors (Lipinski definition) is 1. The van der Waals surface area contributed by atoms with E-state index in [4.69, 9.17) is 10.00 Å². The number of nitrogens with zero attached hydrogens (tertiary/aromatic N) is 5. The zero-order chi connectivity index (χ0) is 20.8. The third kappa shape index (κ3) is 4.99. The van der Waals surface area contributed by atoms with E-state index in [1.165, 1.54) is 0 Å². The number of nitriles is 1. The van der Waals surface area contributed by atoms with Crippen LogP contribution in [0.1, 0.15) is 28.8 Å². The molecule has 0 unspecified atom stereocenters. The number of anilines is 2. The average Bonchev–Trinajstić information content (AvgIpc) is 2.73. The maximum atomic E-state index is 12.9. The Balaban J connectivity index is 1.68. The zero-order valence-electron chi connectivity index (χ0n) is 16.4. The molecule has 2 aromatic rings. The molecule has 9 heteroatoms. The van der Waals surface area contributed by atoms with Gasteiger partial charge in [0.2, 0.25) is 0 Å². The molecule has 1 aliphatic rings. The van der Waals surface area contributed by atoms with E-state index in [1.807, 2.05) is 0 Å². The molecule has 0 radical (unpaired) electrons. The molecule has 2 heterocycles. The van der Waals surface area contributed by atoms with E-state index in [-0.39, 0.29) is 12.0 Å². The number of aromatic nitrogens is 2. The molecule has 0 atom stereocenters. The van der Waals surface area contributed by atoms with Gasteiger partial charge >= 0.3 is 6.09 Å². The van der Waals surface area contributed by atoms with Gasteiger partial charge in [-0.3, -0.25) is 4.79 Å². The summed E-state index contributed by atoms with van der Waals surface area (Å²) in [4.78, 5) is 36.5. The standard InChI is InChI=1S/C20H22N6O3/c1-3-29-20(28)26-10-8-25(9-11-26)19(27)17-12-18(23-14(2)22-17)24-16-6-4-15(13-21)5-7-16/h4-7,12H,3,8-11H2,1-2H3,(H,22,23,24). The van der Waals surface area contributed by atoms with Crippen molar-refractivity contribution in [1.82, 2.24) is 19.8 Å². The minimum Gasteiger partial charge on any atom is -0.450 e. The molecule has 0 saturated carbocycles. The summed E-state index contributed by atoms with van der Waals surface area (Å²) < 4.78 is 5.00. The number of benzene rings is 1. The maximum Gasteiger partial charge on any atom is 0.409 e. The fraction of sp³-hybridized carbons (Fsp3) is 0.350. The highest BCUT2D eigenvalue weighted by Crippen LogP contribution is 2.17. The predicted octanol–water partition coefficient (Wildman–Crippen LogP) is 2.31. The Morgan fingerprint density at radius 2 is 1.79 bits per heavy atom. The SMILES string of the molecule is CCOC(=O)N1CCN(C(=O)c2cc(Nc3ccc(C#N)cc3)nc(C)n2)CC1. The Morgan fingerprint density at radius 3 is 2.41 bits per heavy atom. The molecular weight excluding hydrogens is 372 g/mol. The average molecular weight is 394 g/mol. The molecule has 2 amide bonds. The zero-order valence-corrected chi connectivity index (χ0v) is 16.4. The second-order valence-electron chi connectivity index (χ2n) is 6.48. The molecule has 1 fully saturated rings. The minimum atomic E-state index is -0.355. The molecule has 1 aliphatic heterocycles. The van der Waals surface area contributed by atoms with E-state index >= 15 is 0 Å². The summed E-state index contributed by atoms with van der Waals surface area (Å²) in [5, 5.41) is 12.0. The third-order valence-electron chi connectivity index (χ3n) is 4.44. The van der Waals surface area contributed by atoms with Crippen LogP contribution in [0.15, 0.2) is 30.3 Å². The molecule has 29 heavy (non-hydrogen) atoms. The van der Waals surface area contributed by atoms with Crippen LogP contribution in [0.25, 0.3) is 0 Å². The van der Waals surface area contributed by atoms with Crippen molar-refractivity contribution in [3.63, 3.8) is 0 Å². The molecule has 1 saturated heterocycles. The molecule has 1 N–H and O–H groups in total. The first-order chi connectivity index (χ1) is 14.0. The van der Waals surface area contributed by atoms with Gasteiger partial charge in [-0.05, 0) is 38.1 Å². The number of nitrogens with one attached hydrogen (secondary N) is 1. The number of aryl methyl sites for hydroxylation is 1. The molecule has 3 rings (SSSR count). The Labute approximate surface area is 168 Å². The van der Waals surface area contributed by atoms with E-state index in [0.717, 1.165) is 5.69 Å². The summed E-state index contributed by atoms with van der Waals surface area (Å²) in [5.41, 5.74) is 1.61. The Hall–Kier alpha value is -3.67. The van der Waals surface area contributed by atoms with Crippen molar-refractivity contribution >= 4 is 23.5 Å². The third-order valence-corrected chi connectivity index (χ3v) is 4.44. The number of hydrogen-bond acceptors (Lipinski definition) is 7. The van der Waals surface area contributed by atoms with Crippen LogP contribution >= 0.6 is 0 Å². The molecule has 0 aliphatic carbocycles. The lowest BCUT2D eigenvalue weighted by atomic mass is 10.2. The number of piperazine rings is 1. The number of amides is 2. The Morgan fingerprint density at radius 1 is 1.14 bits per heavy atom. The van der Waals surface area contributed by atoms with Crippen molar-refractivity contribution in [3.05, 3.63) is 47.4 Å². The van der Waals surface area contributed by atoms with Crippen LogP contribution < -0.4 is 5.32 Å². The Kier molecular flexibility index (Phi) is 6.24. The van der Waals surface area contributed by atoms with Crippen LogP contribution in [0.3, 0.4) is 0 Å². The number of ether oxygens (including phenoxy) is 1. The summed E-state index contributed by atoms with van der Waals surface area (Å²) in [6.45, 7) is 5.49. The largest absolute Gasteiger partial charge is 0.450 e. The van der Waals surface area contributed by atoms with Crippen molar-refractivity contribution in [3.8, 4) is 6.07 Å². The van der Waals surface area contributed by atoms with Gasteiger partial charge in [0.1, 0.15) is 17.3 Å². The summed E-state index contributed by atoms with van der Waals surface area (Å²) in [6, 6.07) is 10.6. The van der Waals surface area contributed by atoms with Gasteiger partial charge in [0.05, 0.1) is 18.2 Å². The quantitative estimate of drug-likeness (QED) is 0.847. The van der Waals surface area contributed by atoms with Gasteiger partial charge in [-0.15, -0.1) is 0 Å². The normalized spacial score (nSPS) is 13.6.